The zero-order valence-corrected chi connectivity index (χ0v) is 16.6. The van der Waals surface area contributed by atoms with Gasteiger partial charge in [0.15, 0.2) is 5.76 Å². The molecule has 1 aromatic heterocycles. The van der Waals surface area contributed by atoms with Gasteiger partial charge in [-0.05, 0) is 61.0 Å². The van der Waals surface area contributed by atoms with Gasteiger partial charge in [0.1, 0.15) is 5.76 Å². The van der Waals surface area contributed by atoms with Crippen molar-refractivity contribution in [2.75, 3.05) is 10.6 Å². The predicted molar refractivity (Wildman–Crippen MR) is 112 cm³/mol. The van der Waals surface area contributed by atoms with Gasteiger partial charge in [-0.3, -0.25) is 9.59 Å². The summed E-state index contributed by atoms with van der Waals surface area (Å²) < 4.78 is 5.64. The lowest BCUT2D eigenvalue weighted by Crippen LogP contribution is -2.13. The molecule has 28 heavy (non-hydrogen) atoms. The van der Waals surface area contributed by atoms with Gasteiger partial charge in [0.25, 0.3) is 5.91 Å². The zero-order chi connectivity index (χ0) is 20.1. The maximum absolute atomic E-state index is 12.5. The molecule has 3 aromatic rings. The van der Waals surface area contributed by atoms with Crippen LogP contribution in [0.15, 0.2) is 59.0 Å². The van der Waals surface area contributed by atoms with E-state index in [4.69, 9.17) is 27.6 Å². The largest absolute Gasteiger partial charge is 0.451 e. The Kier molecular flexibility index (Phi) is 6.39. The molecule has 0 saturated heterocycles. The third kappa shape index (κ3) is 4.94. The number of benzene rings is 2. The number of halogens is 2. The first kappa shape index (κ1) is 20.0. The first-order chi connectivity index (χ1) is 13.5. The summed E-state index contributed by atoms with van der Waals surface area (Å²) in [6.07, 6.45) is 1.17. The summed E-state index contributed by atoms with van der Waals surface area (Å²) in [5.41, 5.74) is 1.74. The number of hydrogen-bond acceptors (Lipinski definition) is 3. The molecule has 2 N–H and O–H groups in total. The summed E-state index contributed by atoms with van der Waals surface area (Å²) in [7, 11) is 0. The highest BCUT2D eigenvalue weighted by molar-refractivity contribution is 6.34. The minimum absolute atomic E-state index is 0.0965. The first-order valence-electron chi connectivity index (χ1n) is 8.73. The van der Waals surface area contributed by atoms with Crippen molar-refractivity contribution in [1.82, 2.24) is 0 Å². The van der Waals surface area contributed by atoms with E-state index in [2.05, 4.69) is 10.6 Å². The van der Waals surface area contributed by atoms with Gasteiger partial charge in [-0.2, -0.15) is 0 Å². The van der Waals surface area contributed by atoms with Crippen LogP contribution < -0.4 is 10.6 Å². The normalized spacial score (nSPS) is 10.5. The molecule has 1 heterocycles. The van der Waals surface area contributed by atoms with E-state index in [9.17, 15) is 9.59 Å². The summed E-state index contributed by atoms with van der Waals surface area (Å²) in [4.78, 5) is 24.3. The second-order valence-electron chi connectivity index (χ2n) is 6.12. The van der Waals surface area contributed by atoms with Crippen LogP contribution >= 0.6 is 23.2 Å². The van der Waals surface area contributed by atoms with Crippen molar-refractivity contribution >= 4 is 46.4 Å². The molecule has 0 spiro atoms. The fraction of sp³-hybridized carbons (Fsp3) is 0.143. The van der Waals surface area contributed by atoms with Gasteiger partial charge >= 0.3 is 0 Å². The minimum atomic E-state index is -0.445. The van der Waals surface area contributed by atoms with Gasteiger partial charge in [-0.1, -0.05) is 30.1 Å². The maximum Gasteiger partial charge on any atom is 0.291 e. The van der Waals surface area contributed by atoms with Crippen LogP contribution in [0.25, 0.3) is 11.3 Å². The van der Waals surface area contributed by atoms with Crippen LogP contribution in [-0.2, 0) is 4.79 Å². The summed E-state index contributed by atoms with van der Waals surface area (Å²) in [6.45, 7) is 1.93. The maximum atomic E-state index is 12.5. The predicted octanol–water partition coefficient (Wildman–Crippen LogP) is 6.24. The van der Waals surface area contributed by atoms with Crippen LogP contribution in [-0.4, -0.2) is 11.8 Å². The van der Waals surface area contributed by atoms with Gasteiger partial charge in [-0.25, -0.2) is 0 Å². The van der Waals surface area contributed by atoms with Crippen LogP contribution in [0, 0.1) is 0 Å². The van der Waals surface area contributed by atoms with Gasteiger partial charge in [0.05, 0.1) is 10.7 Å². The van der Waals surface area contributed by atoms with Crippen LogP contribution in [0.2, 0.25) is 10.0 Å². The molecule has 0 aliphatic carbocycles. The lowest BCUT2D eigenvalue weighted by molar-refractivity contribution is -0.116. The van der Waals surface area contributed by atoms with E-state index in [1.807, 2.05) is 19.1 Å². The van der Waals surface area contributed by atoms with Crippen LogP contribution in [0.4, 0.5) is 11.4 Å². The minimum Gasteiger partial charge on any atom is -0.451 e. The molecule has 2 aromatic carbocycles. The van der Waals surface area contributed by atoms with Crippen molar-refractivity contribution in [3.63, 3.8) is 0 Å². The van der Waals surface area contributed by atoms with E-state index in [0.717, 1.165) is 12.0 Å². The van der Waals surface area contributed by atoms with E-state index < -0.39 is 5.91 Å². The number of carbonyl (C=O) groups is 2. The molecule has 5 nitrogen and oxygen atoms in total. The molecule has 2 amide bonds. The molecular formula is C21H18Cl2N2O3. The smallest absolute Gasteiger partial charge is 0.291 e. The third-order valence-corrected chi connectivity index (χ3v) is 4.52. The number of hydrogen-bond donors (Lipinski definition) is 2. The number of furan rings is 1. The van der Waals surface area contributed by atoms with E-state index >= 15 is 0 Å². The third-order valence-electron chi connectivity index (χ3n) is 3.93. The quantitative estimate of drug-likeness (QED) is 0.498. The Balaban J connectivity index is 1.74. The van der Waals surface area contributed by atoms with Gasteiger partial charge < -0.3 is 15.1 Å². The molecule has 0 atom stereocenters. The molecule has 3 rings (SSSR count). The molecule has 0 unspecified atom stereocenters. The number of amides is 2. The van der Waals surface area contributed by atoms with Gasteiger partial charge in [0, 0.05) is 22.7 Å². The molecule has 0 aliphatic heterocycles. The highest BCUT2D eigenvalue weighted by Crippen LogP contribution is 2.28. The first-order valence-corrected chi connectivity index (χ1v) is 9.48. The van der Waals surface area contributed by atoms with E-state index in [0.29, 0.717) is 33.6 Å². The number of rotatable bonds is 6. The molecular weight excluding hydrogens is 399 g/mol. The number of nitrogens with one attached hydrogen (secondary N) is 2. The molecule has 0 bridgehead atoms. The van der Waals surface area contributed by atoms with E-state index in [1.165, 1.54) is 0 Å². The average molecular weight is 417 g/mol. The molecule has 144 valence electrons. The fourth-order valence-electron chi connectivity index (χ4n) is 2.56. The second kappa shape index (κ2) is 8.95. The topological polar surface area (TPSA) is 71.3 Å². The zero-order valence-electron chi connectivity index (χ0n) is 15.1. The van der Waals surface area contributed by atoms with Crippen LogP contribution in [0.5, 0.6) is 0 Å². The number of anilines is 2. The van der Waals surface area contributed by atoms with Gasteiger partial charge in [-0.15, -0.1) is 0 Å². The Morgan fingerprint density at radius 1 is 0.964 bits per heavy atom. The van der Waals surface area contributed by atoms with Crippen molar-refractivity contribution in [2.24, 2.45) is 0 Å². The molecule has 0 radical (unpaired) electrons. The summed E-state index contributed by atoms with van der Waals surface area (Å²) >= 11 is 12.1. The van der Waals surface area contributed by atoms with Gasteiger partial charge in [0.2, 0.25) is 5.91 Å². The lowest BCUT2D eigenvalue weighted by atomic mass is 10.2. The molecule has 0 aliphatic rings. The Morgan fingerprint density at radius 3 is 2.43 bits per heavy atom. The van der Waals surface area contributed by atoms with Crippen LogP contribution in [0.1, 0.15) is 30.3 Å². The van der Waals surface area contributed by atoms with E-state index in [1.54, 1.807) is 42.5 Å². The average Bonchev–Trinajstić information content (AvgIpc) is 3.15. The Morgan fingerprint density at radius 2 is 1.71 bits per heavy atom. The molecule has 0 fully saturated rings. The fourth-order valence-corrected chi connectivity index (χ4v) is 2.85. The van der Waals surface area contributed by atoms with Crippen molar-refractivity contribution in [3.05, 3.63) is 70.4 Å². The monoisotopic (exact) mass is 416 g/mol. The van der Waals surface area contributed by atoms with E-state index in [-0.39, 0.29) is 11.7 Å². The van der Waals surface area contributed by atoms with Crippen molar-refractivity contribution in [1.29, 1.82) is 0 Å². The SMILES string of the molecule is CCCC(=O)Nc1ccc(Cl)c(NC(=O)c2ccc(-c3ccc(Cl)cc3)o2)c1. The summed E-state index contributed by atoms with van der Waals surface area (Å²) in [5, 5.41) is 6.45. The number of carbonyl (C=O) groups excluding carboxylic acids is 2. The molecule has 7 heteroatoms. The Hall–Kier alpha value is -2.76. The highest BCUT2D eigenvalue weighted by Gasteiger charge is 2.15. The molecule has 0 saturated carbocycles. The summed E-state index contributed by atoms with van der Waals surface area (Å²) in [6, 6.07) is 15.3. The Bertz CT molecular complexity index is 997. The van der Waals surface area contributed by atoms with Crippen molar-refractivity contribution < 1.29 is 14.0 Å². The summed E-state index contributed by atoms with van der Waals surface area (Å²) in [5.74, 6) is 0.148. The Labute approximate surface area is 172 Å². The van der Waals surface area contributed by atoms with Crippen molar-refractivity contribution in [3.8, 4) is 11.3 Å². The van der Waals surface area contributed by atoms with Crippen LogP contribution in [0.3, 0.4) is 0 Å². The highest BCUT2D eigenvalue weighted by atomic mass is 35.5. The second-order valence-corrected chi connectivity index (χ2v) is 6.96. The lowest BCUT2D eigenvalue weighted by Gasteiger charge is -2.10. The van der Waals surface area contributed by atoms with Crippen molar-refractivity contribution in [2.45, 2.75) is 19.8 Å². The standard InChI is InChI=1S/C21H18Cl2N2O3/c1-2-3-20(26)24-15-8-9-16(23)17(12-15)25-21(27)19-11-10-18(28-19)13-4-6-14(22)7-5-13/h4-12H,2-3H2,1H3,(H,24,26)(H,25,27).